The second kappa shape index (κ2) is 8.23. The van der Waals surface area contributed by atoms with Gasteiger partial charge in [-0.3, -0.25) is 4.90 Å². The first kappa shape index (κ1) is 20.1. The predicted molar refractivity (Wildman–Crippen MR) is 118 cm³/mol. The maximum atomic E-state index is 15.2. The molecular formula is C22H25ClF3N5O3. The van der Waals surface area contributed by atoms with Crippen molar-refractivity contribution >= 4 is 28.3 Å². The normalized spacial score (nSPS) is 34.3. The SMILES string of the molecule is [2H]C([2H])(Oc1nc(N2CCOC[C@H]3[C@H](F)[C@H]32)c2c(OC)nc(Cl)c(F)c2n1)[C@@]12CCCN1C[C@H](F)C2. The number of alkyl halides is 2. The maximum absolute atomic E-state index is 15.2. The number of ether oxygens (including phenoxy) is 3. The van der Waals surface area contributed by atoms with Crippen LogP contribution in [0.1, 0.15) is 22.0 Å². The fourth-order valence-electron chi connectivity index (χ4n) is 5.56. The molecule has 0 radical (unpaired) electrons. The standard InChI is InChI=1S/C22H25ClF3N5O3/c1-32-20-13-16(15(26)18(23)28-20)27-21(34-10-22-3-2-4-30(22)8-11(24)7-22)29-19(13)31-5-6-33-9-12-14(25)17(12)31/h11-12,14,17H,2-10H2,1H3/t11-,12+,14+,17+,22+/m1/s1/i10D2. The molecule has 0 unspecified atom stereocenters. The van der Waals surface area contributed by atoms with Crippen LogP contribution in [0.15, 0.2) is 0 Å². The summed E-state index contributed by atoms with van der Waals surface area (Å²) in [5.41, 5.74) is -1.49. The maximum Gasteiger partial charge on any atom is 0.319 e. The average molecular weight is 502 g/mol. The third-order valence-corrected chi connectivity index (χ3v) is 7.50. The quantitative estimate of drug-likeness (QED) is 0.579. The van der Waals surface area contributed by atoms with E-state index in [0.717, 1.165) is 0 Å². The molecule has 0 amide bonds. The average Bonchev–Trinajstić information content (AvgIpc) is 3.19. The summed E-state index contributed by atoms with van der Waals surface area (Å²) < 4.78 is 78.4. The van der Waals surface area contributed by atoms with Gasteiger partial charge in [0.1, 0.15) is 35.6 Å². The van der Waals surface area contributed by atoms with E-state index in [2.05, 4.69) is 15.0 Å². The Hall–Kier alpha value is -2.11. The first-order valence-corrected chi connectivity index (χ1v) is 11.7. The Bertz CT molecular complexity index is 1220. The van der Waals surface area contributed by atoms with Gasteiger partial charge in [0.15, 0.2) is 11.0 Å². The minimum Gasteiger partial charge on any atom is -0.480 e. The molecule has 8 nitrogen and oxygen atoms in total. The highest BCUT2D eigenvalue weighted by Gasteiger charge is 2.56. The van der Waals surface area contributed by atoms with Crippen molar-refractivity contribution in [3.05, 3.63) is 11.0 Å². The number of hydrogen-bond acceptors (Lipinski definition) is 8. The zero-order chi connectivity index (χ0) is 25.4. The summed E-state index contributed by atoms with van der Waals surface area (Å²) in [6, 6.07) is -1.03. The summed E-state index contributed by atoms with van der Waals surface area (Å²) in [5, 5.41) is -0.432. The lowest BCUT2D eigenvalue weighted by molar-refractivity contribution is 0.107. The molecule has 1 saturated carbocycles. The fourth-order valence-corrected chi connectivity index (χ4v) is 5.73. The number of halogens is 4. The van der Waals surface area contributed by atoms with E-state index in [4.69, 9.17) is 28.6 Å². The minimum absolute atomic E-state index is 0.0326. The molecule has 5 atom stereocenters. The molecular weight excluding hydrogens is 475 g/mol. The number of anilines is 1. The van der Waals surface area contributed by atoms with Crippen LogP contribution in [0.2, 0.25) is 5.15 Å². The van der Waals surface area contributed by atoms with Gasteiger partial charge in [-0.2, -0.15) is 15.0 Å². The number of methoxy groups -OCH3 is 1. The van der Waals surface area contributed by atoms with Crippen LogP contribution in [-0.2, 0) is 4.74 Å². The molecule has 4 fully saturated rings. The van der Waals surface area contributed by atoms with Gasteiger partial charge in [0.05, 0.1) is 34.6 Å². The summed E-state index contributed by atoms with van der Waals surface area (Å²) in [7, 11) is 1.33. The van der Waals surface area contributed by atoms with Crippen LogP contribution in [0.3, 0.4) is 0 Å². The number of nitrogens with zero attached hydrogens (tertiary/aromatic N) is 5. The van der Waals surface area contributed by atoms with E-state index >= 15 is 4.39 Å². The Kier molecular flexibility index (Phi) is 4.87. The second-order valence-corrected chi connectivity index (χ2v) is 9.59. The van der Waals surface area contributed by atoms with Gasteiger partial charge in [-0.25, -0.2) is 13.2 Å². The van der Waals surface area contributed by atoms with Crippen molar-refractivity contribution in [1.29, 1.82) is 0 Å². The molecule has 2 aromatic rings. The van der Waals surface area contributed by atoms with E-state index in [1.54, 1.807) is 9.80 Å². The van der Waals surface area contributed by atoms with Crippen molar-refractivity contribution in [1.82, 2.24) is 19.9 Å². The Balaban J connectivity index is 1.48. The number of aromatic nitrogens is 3. The summed E-state index contributed by atoms with van der Waals surface area (Å²) in [4.78, 5) is 15.9. The Morgan fingerprint density at radius 1 is 1.29 bits per heavy atom. The first-order chi connectivity index (χ1) is 17.2. The Labute approximate surface area is 202 Å². The minimum atomic E-state index is -2.39. The van der Waals surface area contributed by atoms with Crippen LogP contribution in [0.5, 0.6) is 11.9 Å². The number of pyridine rings is 1. The summed E-state index contributed by atoms with van der Waals surface area (Å²) in [5.74, 6) is -1.32. The number of hydrogen-bond donors (Lipinski definition) is 0. The molecule has 0 spiro atoms. The molecule has 4 aliphatic rings. The van der Waals surface area contributed by atoms with Crippen molar-refractivity contribution in [2.75, 3.05) is 51.4 Å². The molecule has 3 saturated heterocycles. The highest BCUT2D eigenvalue weighted by atomic mass is 35.5. The van der Waals surface area contributed by atoms with Crippen LogP contribution < -0.4 is 14.4 Å². The van der Waals surface area contributed by atoms with Crippen molar-refractivity contribution in [3.63, 3.8) is 0 Å². The zero-order valence-corrected chi connectivity index (χ0v) is 19.2. The molecule has 0 aromatic carbocycles. The van der Waals surface area contributed by atoms with Gasteiger partial charge in [0.25, 0.3) is 0 Å². The fraction of sp³-hybridized carbons (Fsp3) is 0.682. The summed E-state index contributed by atoms with van der Waals surface area (Å²) >= 11 is 5.99. The van der Waals surface area contributed by atoms with Crippen molar-refractivity contribution in [2.45, 2.75) is 43.2 Å². The van der Waals surface area contributed by atoms with Gasteiger partial charge in [0.2, 0.25) is 5.88 Å². The first-order valence-electron chi connectivity index (χ1n) is 12.3. The molecule has 34 heavy (non-hydrogen) atoms. The van der Waals surface area contributed by atoms with Gasteiger partial charge in [-0.15, -0.1) is 0 Å². The van der Waals surface area contributed by atoms with Crippen molar-refractivity contribution < 1.29 is 30.1 Å². The lowest BCUT2D eigenvalue weighted by atomic mass is 9.95. The van der Waals surface area contributed by atoms with Crippen molar-refractivity contribution in [2.24, 2.45) is 5.92 Å². The zero-order valence-electron chi connectivity index (χ0n) is 20.4. The van der Waals surface area contributed by atoms with Crippen LogP contribution in [0.4, 0.5) is 19.0 Å². The van der Waals surface area contributed by atoms with Gasteiger partial charge in [0, 0.05) is 25.4 Å². The van der Waals surface area contributed by atoms with E-state index in [1.165, 1.54) is 7.11 Å². The van der Waals surface area contributed by atoms with E-state index in [0.29, 0.717) is 19.4 Å². The molecule has 5 heterocycles. The second-order valence-electron chi connectivity index (χ2n) is 9.23. The van der Waals surface area contributed by atoms with Gasteiger partial charge in [-0.1, -0.05) is 11.6 Å². The molecule has 0 bridgehead atoms. The van der Waals surface area contributed by atoms with Crippen LogP contribution in [-0.4, -0.2) is 90.3 Å². The van der Waals surface area contributed by atoms with Crippen LogP contribution in [0.25, 0.3) is 10.9 Å². The Morgan fingerprint density at radius 3 is 2.97 bits per heavy atom. The largest absolute Gasteiger partial charge is 0.480 e. The molecule has 2 aromatic heterocycles. The van der Waals surface area contributed by atoms with Crippen LogP contribution in [0, 0.1) is 11.7 Å². The number of rotatable bonds is 5. The van der Waals surface area contributed by atoms with E-state index < -0.39 is 47.5 Å². The van der Waals surface area contributed by atoms with Gasteiger partial charge >= 0.3 is 6.01 Å². The smallest absolute Gasteiger partial charge is 0.319 e. The molecule has 6 rings (SSSR count). The monoisotopic (exact) mass is 501 g/mol. The van der Waals surface area contributed by atoms with E-state index in [-0.39, 0.29) is 61.2 Å². The van der Waals surface area contributed by atoms with Gasteiger partial charge < -0.3 is 19.1 Å². The van der Waals surface area contributed by atoms with Gasteiger partial charge in [-0.05, 0) is 19.4 Å². The third kappa shape index (κ3) is 3.46. The van der Waals surface area contributed by atoms with Crippen molar-refractivity contribution in [3.8, 4) is 11.9 Å². The summed E-state index contributed by atoms with van der Waals surface area (Å²) in [6.07, 6.45) is -1.30. The lowest BCUT2D eigenvalue weighted by Gasteiger charge is -2.31. The highest BCUT2D eigenvalue weighted by Crippen LogP contribution is 2.46. The topological polar surface area (TPSA) is 72.8 Å². The molecule has 0 N–H and O–H groups in total. The molecule has 1 aliphatic carbocycles. The Morgan fingerprint density at radius 2 is 2.15 bits per heavy atom. The predicted octanol–water partition coefficient (Wildman–Crippen LogP) is 2.95. The number of fused-ring (bicyclic) bond motifs is 3. The molecule has 3 aliphatic heterocycles. The lowest BCUT2D eigenvalue weighted by Crippen LogP contribution is -2.43. The molecule has 184 valence electrons. The summed E-state index contributed by atoms with van der Waals surface area (Å²) in [6.45, 7) is -0.947. The van der Waals surface area contributed by atoms with E-state index in [9.17, 15) is 8.78 Å². The van der Waals surface area contributed by atoms with Crippen LogP contribution >= 0.6 is 11.6 Å². The highest BCUT2D eigenvalue weighted by molar-refractivity contribution is 6.30. The molecule has 12 heteroatoms. The van der Waals surface area contributed by atoms with E-state index in [1.807, 2.05) is 0 Å². The third-order valence-electron chi connectivity index (χ3n) is 7.25.